The van der Waals surface area contributed by atoms with E-state index < -0.39 is 5.97 Å². The van der Waals surface area contributed by atoms with Gasteiger partial charge >= 0.3 is 5.97 Å². The van der Waals surface area contributed by atoms with Gasteiger partial charge in [0.2, 0.25) is 0 Å². The molecule has 6 heteroatoms. The molecule has 0 spiro atoms. The van der Waals surface area contributed by atoms with Crippen molar-refractivity contribution >= 4 is 17.7 Å². The number of pyridine rings is 1. The van der Waals surface area contributed by atoms with Crippen LogP contribution in [0, 0.1) is 0 Å². The summed E-state index contributed by atoms with van der Waals surface area (Å²) < 4.78 is 5.65. The normalized spacial score (nSPS) is 20.8. The van der Waals surface area contributed by atoms with E-state index in [-0.39, 0.29) is 11.7 Å². The number of carbonyl (C=O) groups is 1. The van der Waals surface area contributed by atoms with Crippen LogP contribution in [0.25, 0.3) is 0 Å². The van der Waals surface area contributed by atoms with Crippen molar-refractivity contribution in [1.29, 1.82) is 0 Å². The van der Waals surface area contributed by atoms with Gasteiger partial charge in [-0.15, -0.1) is 11.8 Å². The van der Waals surface area contributed by atoms with Gasteiger partial charge in [-0.05, 0) is 19.2 Å². The van der Waals surface area contributed by atoms with E-state index in [4.69, 9.17) is 9.84 Å². The van der Waals surface area contributed by atoms with Gasteiger partial charge in [0, 0.05) is 25.0 Å². The summed E-state index contributed by atoms with van der Waals surface area (Å²) in [7, 11) is 2.08. The number of likely N-dealkylation sites (N-methyl/N-ethyl adjacent to an activating group) is 1. The van der Waals surface area contributed by atoms with Crippen LogP contribution in [0.15, 0.2) is 23.4 Å². The molecule has 98 valence electrons. The topological polar surface area (TPSA) is 62.7 Å². The first-order valence-electron chi connectivity index (χ1n) is 5.77. The minimum Gasteiger partial charge on any atom is -0.478 e. The molecular formula is C12H16N2O3S. The molecule has 5 nitrogen and oxygen atoms in total. The Hall–Kier alpha value is -1.11. The third-order valence-electron chi connectivity index (χ3n) is 2.74. The highest BCUT2D eigenvalue weighted by molar-refractivity contribution is 7.99. The summed E-state index contributed by atoms with van der Waals surface area (Å²) in [5.41, 5.74) is 0.216. The molecule has 1 aliphatic heterocycles. The summed E-state index contributed by atoms with van der Waals surface area (Å²) >= 11 is 1.59. The lowest BCUT2D eigenvalue weighted by molar-refractivity contribution is -0.00599. The van der Waals surface area contributed by atoms with Crippen LogP contribution >= 0.6 is 11.8 Å². The molecule has 1 saturated heterocycles. The van der Waals surface area contributed by atoms with Crippen molar-refractivity contribution in [3.05, 3.63) is 23.9 Å². The monoisotopic (exact) mass is 268 g/mol. The van der Waals surface area contributed by atoms with E-state index in [1.807, 2.05) is 0 Å². The van der Waals surface area contributed by atoms with Gasteiger partial charge < -0.3 is 14.7 Å². The first kappa shape index (κ1) is 13.3. The highest BCUT2D eigenvalue weighted by Crippen LogP contribution is 2.19. The van der Waals surface area contributed by atoms with Crippen LogP contribution in [0.3, 0.4) is 0 Å². The van der Waals surface area contributed by atoms with Crippen molar-refractivity contribution in [2.24, 2.45) is 0 Å². The summed E-state index contributed by atoms with van der Waals surface area (Å²) in [5.74, 6) is -0.111. The predicted octanol–water partition coefficient (Wildman–Crippen LogP) is 1.20. The van der Waals surface area contributed by atoms with Crippen LogP contribution in [0.4, 0.5) is 0 Å². The van der Waals surface area contributed by atoms with Gasteiger partial charge in [-0.3, -0.25) is 0 Å². The van der Waals surface area contributed by atoms with Crippen molar-refractivity contribution in [3.63, 3.8) is 0 Å². The quantitative estimate of drug-likeness (QED) is 0.828. The van der Waals surface area contributed by atoms with Gasteiger partial charge in [0.15, 0.2) is 0 Å². The first-order valence-corrected chi connectivity index (χ1v) is 6.76. The molecule has 1 fully saturated rings. The Morgan fingerprint density at radius 3 is 3.11 bits per heavy atom. The van der Waals surface area contributed by atoms with Gasteiger partial charge in [0.1, 0.15) is 0 Å². The van der Waals surface area contributed by atoms with E-state index >= 15 is 0 Å². The van der Waals surface area contributed by atoms with Crippen molar-refractivity contribution < 1.29 is 14.6 Å². The minimum absolute atomic E-state index is 0.216. The van der Waals surface area contributed by atoms with Crippen molar-refractivity contribution in [2.75, 3.05) is 32.5 Å². The van der Waals surface area contributed by atoms with Crippen molar-refractivity contribution in [1.82, 2.24) is 9.88 Å². The van der Waals surface area contributed by atoms with E-state index in [1.165, 1.54) is 6.20 Å². The molecule has 0 aliphatic carbocycles. The van der Waals surface area contributed by atoms with E-state index in [2.05, 4.69) is 16.9 Å². The molecular weight excluding hydrogens is 252 g/mol. The number of hydrogen-bond acceptors (Lipinski definition) is 5. The number of ether oxygens (including phenoxy) is 1. The number of carboxylic acids is 1. The number of aromatic carboxylic acids is 1. The lowest BCUT2D eigenvalue weighted by Crippen LogP contribution is -2.41. The second-order valence-corrected chi connectivity index (χ2v) is 5.30. The Balaban J connectivity index is 1.84. The number of morpholine rings is 1. The Kier molecular flexibility index (Phi) is 4.57. The van der Waals surface area contributed by atoms with E-state index in [9.17, 15) is 4.79 Å². The number of carboxylic acid groups (broad SMARTS) is 1. The molecule has 0 amide bonds. The molecule has 1 aliphatic rings. The number of nitrogens with zero attached hydrogens (tertiary/aromatic N) is 2. The summed E-state index contributed by atoms with van der Waals surface area (Å²) in [4.78, 5) is 17.0. The van der Waals surface area contributed by atoms with E-state index in [1.54, 1.807) is 23.9 Å². The summed E-state index contributed by atoms with van der Waals surface area (Å²) in [6.07, 6.45) is 1.60. The standard InChI is InChI=1S/C12H16N2O3S/c1-14-4-5-17-10(7-14)8-18-11-3-2-9(6-13-11)12(15)16/h2-3,6,10H,4-5,7-8H2,1H3,(H,15,16). The summed E-state index contributed by atoms with van der Waals surface area (Å²) in [6, 6.07) is 3.31. The lowest BCUT2D eigenvalue weighted by atomic mass is 10.3. The third-order valence-corrected chi connectivity index (χ3v) is 3.82. The van der Waals surface area contributed by atoms with Crippen LogP contribution in [0.2, 0.25) is 0 Å². The molecule has 2 rings (SSSR count). The second-order valence-electron chi connectivity index (χ2n) is 4.26. The van der Waals surface area contributed by atoms with Crippen molar-refractivity contribution in [2.45, 2.75) is 11.1 Å². The molecule has 2 heterocycles. The zero-order chi connectivity index (χ0) is 13.0. The zero-order valence-corrected chi connectivity index (χ0v) is 11.0. The highest BCUT2D eigenvalue weighted by Gasteiger charge is 2.17. The number of aromatic nitrogens is 1. The average molecular weight is 268 g/mol. The van der Waals surface area contributed by atoms with E-state index in [0.29, 0.717) is 0 Å². The maximum absolute atomic E-state index is 10.7. The Morgan fingerprint density at radius 1 is 1.67 bits per heavy atom. The predicted molar refractivity (Wildman–Crippen MR) is 69.2 cm³/mol. The van der Waals surface area contributed by atoms with Crippen LogP contribution in [-0.2, 0) is 4.74 Å². The number of hydrogen-bond donors (Lipinski definition) is 1. The summed E-state index contributed by atoms with van der Waals surface area (Å²) in [6.45, 7) is 2.68. The zero-order valence-electron chi connectivity index (χ0n) is 10.2. The van der Waals surface area contributed by atoms with Gasteiger partial charge in [-0.2, -0.15) is 0 Å². The average Bonchev–Trinajstić information content (AvgIpc) is 2.37. The van der Waals surface area contributed by atoms with Gasteiger partial charge in [0.25, 0.3) is 0 Å². The maximum atomic E-state index is 10.7. The van der Waals surface area contributed by atoms with E-state index in [0.717, 1.165) is 30.5 Å². The maximum Gasteiger partial charge on any atom is 0.337 e. The fourth-order valence-corrected chi connectivity index (χ4v) is 2.59. The molecule has 1 aromatic heterocycles. The fourth-order valence-electron chi connectivity index (χ4n) is 1.74. The Bertz CT molecular complexity index is 410. The smallest absolute Gasteiger partial charge is 0.337 e. The minimum atomic E-state index is -0.948. The lowest BCUT2D eigenvalue weighted by Gasteiger charge is -2.29. The molecule has 1 aromatic rings. The number of thioether (sulfide) groups is 1. The molecule has 1 unspecified atom stereocenters. The van der Waals surface area contributed by atoms with Crippen LogP contribution in [-0.4, -0.2) is 59.6 Å². The summed E-state index contributed by atoms with van der Waals surface area (Å²) in [5, 5.41) is 9.60. The van der Waals surface area contributed by atoms with Gasteiger partial charge in [0.05, 0.1) is 23.3 Å². The van der Waals surface area contributed by atoms with Gasteiger partial charge in [-0.25, -0.2) is 9.78 Å². The Morgan fingerprint density at radius 2 is 2.50 bits per heavy atom. The van der Waals surface area contributed by atoms with Crippen molar-refractivity contribution in [3.8, 4) is 0 Å². The second kappa shape index (κ2) is 6.17. The molecule has 1 N–H and O–H groups in total. The molecule has 18 heavy (non-hydrogen) atoms. The van der Waals surface area contributed by atoms with Crippen LogP contribution in [0.5, 0.6) is 0 Å². The molecule has 0 bridgehead atoms. The SMILES string of the molecule is CN1CCOC(CSc2ccc(C(=O)O)cn2)C1. The van der Waals surface area contributed by atoms with Gasteiger partial charge in [-0.1, -0.05) is 0 Å². The molecule has 1 atom stereocenters. The first-order chi connectivity index (χ1) is 8.65. The van der Waals surface area contributed by atoms with Crippen LogP contribution in [0.1, 0.15) is 10.4 Å². The number of rotatable bonds is 4. The Labute approximate surface area is 110 Å². The molecule has 0 radical (unpaired) electrons. The molecule has 0 aromatic carbocycles. The van der Waals surface area contributed by atoms with Crippen LogP contribution < -0.4 is 0 Å². The largest absolute Gasteiger partial charge is 0.478 e. The third kappa shape index (κ3) is 3.69. The fraction of sp³-hybridized carbons (Fsp3) is 0.500. The molecule has 0 saturated carbocycles. The highest BCUT2D eigenvalue weighted by atomic mass is 32.2.